The third kappa shape index (κ3) is 4.81. The quantitative estimate of drug-likeness (QED) is 0.537. The second kappa shape index (κ2) is 10.00. The van der Waals surface area contributed by atoms with Gasteiger partial charge in [0.2, 0.25) is 10.0 Å². The second-order valence-electron chi connectivity index (χ2n) is 8.87. The molecule has 1 saturated heterocycles. The average Bonchev–Trinajstić information content (AvgIpc) is 3.57. The van der Waals surface area contributed by atoms with Gasteiger partial charge in [0, 0.05) is 30.1 Å². The zero-order valence-corrected chi connectivity index (χ0v) is 20.7. The average molecular weight is 496 g/mol. The van der Waals surface area contributed by atoms with Crippen LogP contribution in [0.15, 0.2) is 70.9 Å². The summed E-state index contributed by atoms with van der Waals surface area (Å²) in [5.41, 5.74) is 2.61. The summed E-state index contributed by atoms with van der Waals surface area (Å²) in [5.74, 6) is -0.254. The van der Waals surface area contributed by atoms with Crippen molar-refractivity contribution in [3.05, 3.63) is 87.6 Å². The second-order valence-corrected chi connectivity index (χ2v) is 11.8. The number of sulfonamides is 1. The van der Waals surface area contributed by atoms with Crippen molar-refractivity contribution in [2.75, 3.05) is 26.2 Å². The van der Waals surface area contributed by atoms with Crippen LogP contribution in [-0.2, 0) is 23.0 Å². The first-order valence-electron chi connectivity index (χ1n) is 11.7. The third-order valence-electron chi connectivity index (χ3n) is 6.73. The molecule has 0 radical (unpaired) electrons. The molecule has 0 saturated carbocycles. The van der Waals surface area contributed by atoms with E-state index in [9.17, 15) is 13.2 Å². The molecular formula is C26H29N3O3S2. The maximum Gasteiger partial charge on any atom is 0.251 e. The fourth-order valence-electron chi connectivity index (χ4n) is 4.85. The Morgan fingerprint density at radius 1 is 1.00 bits per heavy atom. The smallest absolute Gasteiger partial charge is 0.251 e. The normalized spacial score (nSPS) is 17.9. The monoisotopic (exact) mass is 495 g/mol. The highest BCUT2D eigenvalue weighted by Crippen LogP contribution is 2.29. The topological polar surface area (TPSA) is 69.7 Å². The van der Waals surface area contributed by atoms with Gasteiger partial charge in [0.25, 0.3) is 5.91 Å². The van der Waals surface area contributed by atoms with E-state index in [4.69, 9.17) is 0 Å². The molecule has 34 heavy (non-hydrogen) atoms. The summed E-state index contributed by atoms with van der Waals surface area (Å²) >= 11 is 1.68. The van der Waals surface area contributed by atoms with Gasteiger partial charge in [-0.3, -0.25) is 9.69 Å². The maximum absolute atomic E-state index is 13.3. The number of rotatable bonds is 7. The van der Waals surface area contributed by atoms with Crippen molar-refractivity contribution < 1.29 is 13.2 Å². The van der Waals surface area contributed by atoms with Crippen molar-refractivity contribution >= 4 is 27.3 Å². The first-order valence-corrected chi connectivity index (χ1v) is 14.1. The van der Waals surface area contributed by atoms with Crippen LogP contribution in [0.2, 0.25) is 0 Å². The van der Waals surface area contributed by atoms with Gasteiger partial charge in [-0.05, 0) is 73.1 Å². The minimum absolute atomic E-state index is 0.104. The zero-order chi connectivity index (χ0) is 23.5. The molecule has 1 N–H and O–H groups in total. The fourth-order valence-corrected chi connectivity index (χ4v) is 7.21. The lowest BCUT2D eigenvalue weighted by molar-refractivity contribution is 0.0937. The largest absolute Gasteiger partial charge is 0.350 e. The van der Waals surface area contributed by atoms with Gasteiger partial charge in [0.15, 0.2) is 0 Å². The van der Waals surface area contributed by atoms with E-state index >= 15 is 0 Å². The van der Waals surface area contributed by atoms with E-state index in [1.165, 1.54) is 33.7 Å². The number of likely N-dealkylation sites (tertiary alicyclic amines) is 1. The van der Waals surface area contributed by atoms with Crippen LogP contribution in [0.1, 0.15) is 45.2 Å². The van der Waals surface area contributed by atoms with Gasteiger partial charge in [-0.25, -0.2) is 8.42 Å². The number of amides is 1. The lowest BCUT2D eigenvalue weighted by Crippen LogP contribution is -2.37. The molecule has 2 aliphatic rings. The highest BCUT2D eigenvalue weighted by atomic mass is 32.2. The van der Waals surface area contributed by atoms with Crippen molar-refractivity contribution in [2.45, 2.75) is 36.7 Å². The molecule has 1 fully saturated rings. The molecule has 3 aromatic rings. The van der Waals surface area contributed by atoms with Gasteiger partial charge in [-0.1, -0.05) is 36.4 Å². The van der Waals surface area contributed by atoms with Crippen molar-refractivity contribution in [3.8, 4) is 0 Å². The van der Waals surface area contributed by atoms with E-state index in [2.05, 4.69) is 22.3 Å². The number of hydrogen-bond donors (Lipinski definition) is 1. The molecule has 0 spiro atoms. The number of nitrogens with zero attached hydrogens (tertiary/aromatic N) is 2. The molecular weight excluding hydrogens is 466 g/mol. The lowest BCUT2D eigenvalue weighted by atomic mass is 10.1. The van der Waals surface area contributed by atoms with Crippen LogP contribution in [0.4, 0.5) is 0 Å². The van der Waals surface area contributed by atoms with Gasteiger partial charge in [-0.2, -0.15) is 4.31 Å². The number of carbonyl (C=O) groups excluding carboxylic acids is 1. The van der Waals surface area contributed by atoms with Crippen molar-refractivity contribution in [2.24, 2.45) is 0 Å². The summed E-state index contributed by atoms with van der Waals surface area (Å²) in [7, 11) is -3.68. The summed E-state index contributed by atoms with van der Waals surface area (Å²) in [4.78, 5) is 16.9. The van der Waals surface area contributed by atoms with Crippen LogP contribution >= 0.6 is 11.3 Å². The van der Waals surface area contributed by atoms with Gasteiger partial charge in [-0.15, -0.1) is 11.3 Å². The summed E-state index contributed by atoms with van der Waals surface area (Å²) < 4.78 is 28.1. The van der Waals surface area contributed by atoms with E-state index in [-0.39, 0.29) is 16.8 Å². The van der Waals surface area contributed by atoms with Gasteiger partial charge < -0.3 is 5.32 Å². The van der Waals surface area contributed by atoms with E-state index in [1.807, 2.05) is 29.6 Å². The Bertz CT molecular complexity index is 1250. The lowest BCUT2D eigenvalue weighted by Gasteiger charge is -2.28. The molecule has 0 bridgehead atoms. The molecule has 2 aromatic carbocycles. The van der Waals surface area contributed by atoms with E-state index in [0.29, 0.717) is 25.2 Å². The highest BCUT2D eigenvalue weighted by Gasteiger charge is 2.29. The standard InChI is InChI=1S/C26H29N3O3S2/c30-26(27-18-24(28-13-4-5-14-28)20-7-2-1-3-8-20)21-9-6-10-23(17-21)34(31,32)29-15-11-25-22(19-29)12-16-33-25/h1-3,6-10,12,16-17,24H,4-5,11,13-15,18-19H2,(H,27,30). The number of benzene rings is 2. The molecule has 1 unspecified atom stereocenters. The zero-order valence-electron chi connectivity index (χ0n) is 19.0. The molecule has 0 aliphatic carbocycles. The number of hydrogen-bond acceptors (Lipinski definition) is 5. The van der Waals surface area contributed by atoms with Crippen LogP contribution in [0.3, 0.4) is 0 Å². The van der Waals surface area contributed by atoms with Crippen molar-refractivity contribution in [3.63, 3.8) is 0 Å². The third-order valence-corrected chi connectivity index (χ3v) is 9.59. The molecule has 178 valence electrons. The highest BCUT2D eigenvalue weighted by molar-refractivity contribution is 7.89. The summed E-state index contributed by atoms with van der Waals surface area (Å²) in [6.45, 7) is 3.36. The fraction of sp³-hybridized carbons (Fsp3) is 0.346. The summed E-state index contributed by atoms with van der Waals surface area (Å²) in [6.07, 6.45) is 3.06. The summed E-state index contributed by atoms with van der Waals surface area (Å²) in [5, 5.41) is 5.07. The van der Waals surface area contributed by atoms with Crippen LogP contribution in [0.25, 0.3) is 0 Å². The van der Waals surface area contributed by atoms with E-state index in [0.717, 1.165) is 25.1 Å². The molecule has 2 aliphatic heterocycles. The van der Waals surface area contributed by atoms with Crippen LogP contribution in [0, 0.1) is 0 Å². The van der Waals surface area contributed by atoms with Crippen LogP contribution < -0.4 is 5.32 Å². The maximum atomic E-state index is 13.3. The molecule has 1 aromatic heterocycles. The van der Waals surface area contributed by atoms with Crippen LogP contribution in [-0.4, -0.2) is 49.7 Å². The first kappa shape index (κ1) is 23.2. The summed E-state index contributed by atoms with van der Waals surface area (Å²) in [6, 6.07) is 18.7. The SMILES string of the molecule is O=C(NCC(c1ccccc1)N1CCCC1)c1cccc(S(=O)(=O)N2CCc3sccc3C2)c1. The Balaban J connectivity index is 1.30. The van der Waals surface area contributed by atoms with Crippen molar-refractivity contribution in [1.82, 2.24) is 14.5 Å². The molecule has 3 heterocycles. The van der Waals surface area contributed by atoms with Gasteiger partial charge in [0.1, 0.15) is 0 Å². The number of carbonyl (C=O) groups is 1. The van der Waals surface area contributed by atoms with Crippen LogP contribution in [0.5, 0.6) is 0 Å². The Labute approximate surface area is 205 Å². The Kier molecular flexibility index (Phi) is 6.83. The minimum atomic E-state index is -3.68. The molecule has 8 heteroatoms. The van der Waals surface area contributed by atoms with E-state index in [1.54, 1.807) is 29.5 Å². The Morgan fingerprint density at radius 3 is 2.59 bits per heavy atom. The molecule has 5 rings (SSSR count). The number of thiophene rings is 1. The molecule has 6 nitrogen and oxygen atoms in total. The first-order chi connectivity index (χ1) is 16.5. The molecule has 1 amide bonds. The Morgan fingerprint density at radius 2 is 1.79 bits per heavy atom. The number of nitrogens with one attached hydrogen (secondary N) is 1. The minimum Gasteiger partial charge on any atom is -0.350 e. The Hall–Kier alpha value is -2.52. The van der Waals surface area contributed by atoms with Gasteiger partial charge >= 0.3 is 0 Å². The van der Waals surface area contributed by atoms with Crippen molar-refractivity contribution in [1.29, 1.82) is 0 Å². The predicted molar refractivity (Wildman–Crippen MR) is 134 cm³/mol. The molecule has 1 atom stereocenters. The van der Waals surface area contributed by atoms with Gasteiger partial charge in [0.05, 0.1) is 10.9 Å². The predicted octanol–water partition coefficient (Wildman–Crippen LogP) is 4.06. The number of fused-ring (bicyclic) bond motifs is 1. The van der Waals surface area contributed by atoms with E-state index < -0.39 is 10.0 Å².